The Kier molecular flexibility index (Phi) is 5.53. The summed E-state index contributed by atoms with van der Waals surface area (Å²) in [5, 5.41) is 9.78. The fourth-order valence-electron chi connectivity index (χ4n) is 1.70. The van der Waals surface area contributed by atoms with Gasteiger partial charge in [-0.25, -0.2) is 0 Å². The lowest BCUT2D eigenvalue weighted by atomic mass is 9.97. The van der Waals surface area contributed by atoms with Crippen LogP contribution in [0, 0.1) is 0 Å². The van der Waals surface area contributed by atoms with Gasteiger partial charge in [0.05, 0.1) is 5.60 Å². The summed E-state index contributed by atoms with van der Waals surface area (Å²) in [5.74, 6) is 0. The van der Waals surface area contributed by atoms with Gasteiger partial charge in [-0.1, -0.05) is 13.8 Å². The highest BCUT2D eigenvalue weighted by atomic mass is 16.3. The summed E-state index contributed by atoms with van der Waals surface area (Å²) in [6.07, 6.45) is 0.741. The van der Waals surface area contributed by atoms with Crippen LogP contribution in [-0.4, -0.2) is 41.3 Å². The number of aliphatic hydroxyl groups is 1. The molecule has 0 bridgehead atoms. The fourth-order valence-corrected chi connectivity index (χ4v) is 1.70. The van der Waals surface area contributed by atoms with E-state index in [9.17, 15) is 5.11 Å². The summed E-state index contributed by atoms with van der Waals surface area (Å²) < 4.78 is 0. The van der Waals surface area contributed by atoms with Crippen LogP contribution in [0.5, 0.6) is 0 Å². The minimum absolute atomic E-state index is 0.332. The van der Waals surface area contributed by atoms with Gasteiger partial charge in [0.25, 0.3) is 0 Å². The van der Waals surface area contributed by atoms with Gasteiger partial charge in [0.1, 0.15) is 0 Å². The molecule has 0 fully saturated rings. The predicted molar refractivity (Wildman–Crippen MR) is 56.7 cm³/mol. The van der Waals surface area contributed by atoms with Crippen LogP contribution < -0.4 is 5.73 Å². The minimum atomic E-state index is -0.720. The number of hydrogen-bond acceptors (Lipinski definition) is 3. The molecule has 2 unspecified atom stereocenters. The highest BCUT2D eigenvalue weighted by Gasteiger charge is 2.23. The van der Waals surface area contributed by atoms with Crippen LogP contribution in [0.2, 0.25) is 0 Å². The lowest BCUT2D eigenvalue weighted by molar-refractivity contribution is 0.0307. The molecule has 0 aromatic carbocycles. The molecule has 13 heavy (non-hydrogen) atoms. The smallest absolute Gasteiger partial charge is 0.0756 e. The van der Waals surface area contributed by atoms with Gasteiger partial charge in [-0.05, 0) is 33.4 Å². The van der Waals surface area contributed by atoms with Gasteiger partial charge in [0.2, 0.25) is 0 Å². The summed E-state index contributed by atoms with van der Waals surface area (Å²) in [6.45, 7) is 10.6. The largest absolute Gasteiger partial charge is 0.389 e. The molecular weight excluding hydrogens is 164 g/mol. The summed E-state index contributed by atoms with van der Waals surface area (Å²) in [6, 6.07) is 0.397. The normalized spacial score (nSPS) is 18.7. The van der Waals surface area contributed by atoms with Gasteiger partial charge in [0.15, 0.2) is 0 Å². The Morgan fingerprint density at radius 3 is 2.15 bits per heavy atom. The van der Waals surface area contributed by atoms with Crippen molar-refractivity contribution in [1.82, 2.24) is 4.90 Å². The van der Waals surface area contributed by atoms with Gasteiger partial charge in [0, 0.05) is 12.6 Å². The molecule has 0 rings (SSSR count). The molecule has 0 saturated heterocycles. The van der Waals surface area contributed by atoms with Crippen molar-refractivity contribution in [2.24, 2.45) is 5.73 Å². The summed E-state index contributed by atoms with van der Waals surface area (Å²) in [7, 11) is 0. The van der Waals surface area contributed by atoms with E-state index in [0.717, 1.165) is 19.5 Å². The molecule has 0 radical (unpaired) electrons. The van der Waals surface area contributed by atoms with Gasteiger partial charge in [-0.2, -0.15) is 0 Å². The van der Waals surface area contributed by atoms with E-state index < -0.39 is 5.60 Å². The monoisotopic (exact) mass is 188 g/mol. The van der Waals surface area contributed by atoms with Crippen LogP contribution in [0.3, 0.4) is 0 Å². The Morgan fingerprint density at radius 1 is 1.38 bits per heavy atom. The average Bonchev–Trinajstić information content (AvgIpc) is 2.06. The molecule has 0 aliphatic rings. The molecular formula is C10H24N2O. The zero-order chi connectivity index (χ0) is 10.5. The zero-order valence-corrected chi connectivity index (χ0v) is 9.38. The third-order valence-corrected chi connectivity index (χ3v) is 2.61. The number of nitrogens with two attached hydrogens (primary N) is 1. The van der Waals surface area contributed by atoms with E-state index in [-0.39, 0.29) is 0 Å². The Bertz CT molecular complexity index is 133. The third kappa shape index (κ3) is 4.60. The molecule has 0 heterocycles. The van der Waals surface area contributed by atoms with Crippen molar-refractivity contribution in [3.8, 4) is 0 Å². The van der Waals surface area contributed by atoms with E-state index in [1.165, 1.54) is 0 Å². The van der Waals surface area contributed by atoms with Crippen LogP contribution in [-0.2, 0) is 0 Å². The van der Waals surface area contributed by atoms with E-state index in [2.05, 4.69) is 25.7 Å². The highest BCUT2D eigenvalue weighted by molar-refractivity contribution is 4.80. The van der Waals surface area contributed by atoms with Crippen molar-refractivity contribution in [2.45, 2.75) is 45.8 Å². The van der Waals surface area contributed by atoms with Crippen LogP contribution in [0.15, 0.2) is 0 Å². The Balaban J connectivity index is 4.04. The Hall–Kier alpha value is -0.120. The molecule has 0 aromatic rings. The Labute approximate surface area is 81.9 Å². The molecule has 3 nitrogen and oxygen atoms in total. The lowest BCUT2D eigenvalue weighted by Crippen LogP contribution is -2.43. The van der Waals surface area contributed by atoms with Crippen molar-refractivity contribution in [1.29, 1.82) is 0 Å². The second-order valence-electron chi connectivity index (χ2n) is 3.98. The first-order valence-electron chi connectivity index (χ1n) is 5.13. The van der Waals surface area contributed by atoms with Crippen molar-refractivity contribution in [3.63, 3.8) is 0 Å². The second kappa shape index (κ2) is 5.58. The van der Waals surface area contributed by atoms with Gasteiger partial charge < -0.3 is 15.7 Å². The van der Waals surface area contributed by atoms with Gasteiger partial charge in [-0.15, -0.1) is 0 Å². The topological polar surface area (TPSA) is 49.5 Å². The van der Waals surface area contributed by atoms with Crippen LogP contribution in [0.1, 0.15) is 34.1 Å². The van der Waals surface area contributed by atoms with Gasteiger partial charge in [-0.3, -0.25) is 0 Å². The van der Waals surface area contributed by atoms with E-state index in [4.69, 9.17) is 5.73 Å². The number of nitrogens with zero attached hydrogens (tertiary/aromatic N) is 1. The first kappa shape index (κ1) is 12.9. The van der Waals surface area contributed by atoms with Crippen LogP contribution in [0.25, 0.3) is 0 Å². The van der Waals surface area contributed by atoms with E-state index in [1.807, 2.05) is 0 Å². The molecule has 2 atom stereocenters. The molecule has 0 saturated carbocycles. The van der Waals surface area contributed by atoms with Crippen molar-refractivity contribution >= 4 is 0 Å². The lowest BCUT2D eigenvalue weighted by Gasteiger charge is -2.32. The quantitative estimate of drug-likeness (QED) is 0.649. The van der Waals surface area contributed by atoms with Crippen molar-refractivity contribution < 1.29 is 5.11 Å². The molecule has 0 spiro atoms. The Morgan fingerprint density at radius 2 is 1.85 bits per heavy atom. The SMILES string of the molecule is CCN(CC)C(C)CC(C)(O)CN. The standard InChI is InChI=1S/C10H24N2O/c1-5-12(6-2)9(3)7-10(4,13)8-11/h9,13H,5-8,11H2,1-4H3. The molecule has 80 valence electrons. The summed E-state index contributed by atoms with van der Waals surface area (Å²) >= 11 is 0. The first-order chi connectivity index (χ1) is 5.96. The summed E-state index contributed by atoms with van der Waals surface area (Å²) in [4.78, 5) is 2.32. The third-order valence-electron chi connectivity index (χ3n) is 2.61. The molecule has 3 heteroatoms. The predicted octanol–water partition coefficient (Wildman–Crippen LogP) is 0.817. The number of rotatable bonds is 6. The van der Waals surface area contributed by atoms with E-state index in [0.29, 0.717) is 12.6 Å². The molecule has 0 amide bonds. The molecule has 0 aliphatic heterocycles. The fraction of sp³-hybridized carbons (Fsp3) is 1.00. The maximum absolute atomic E-state index is 9.78. The van der Waals surface area contributed by atoms with E-state index >= 15 is 0 Å². The first-order valence-corrected chi connectivity index (χ1v) is 5.13. The minimum Gasteiger partial charge on any atom is -0.389 e. The highest BCUT2D eigenvalue weighted by Crippen LogP contribution is 2.14. The average molecular weight is 188 g/mol. The summed E-state index contributed by atoms with van der Waals surface area (Å²) in [5.41, 5.74) is 4.75. The molecule has 0 aromatic heterocycles. The van der Waals surface area contributed by atoms with Crippen molar-refractivity contribution in [2.75, 3.05) is 19.6 Å². The molecule has 3 N–H and O–H groups in total. The van der Waals surface area contributed by atoms with Gasteiger partial charge >= 0.3 is 0 Å². The maximum atomic E-state index is 9.78. The molecule has 0 aliphatic carbocycles. The van der Waals surface area contributed by atoms with Crippen LogP contribution >= 0.6 is 0 Å². The van der Waals surface area contributed by atoms with Crippen LogP contribution in [0.4, 0.5) is 0 Å². The second-order valence-corrected chi connectivity index (χ2v) is 3.98. The zero-order valence-electron chi connectivity index (χ0n) is 9.38. The van der Waals surface area contributed by atoms with Crippen molar-refractivity contribution in [3.05, 3.63) is 0 Å². The van der Waals surface area contributed by atoms with E-state index in [1.54, 1.807) is 6.92 Å². The number of hydrogen-bond donors (Lipinski definition) is 2. The maximum Gasteiger partial charge on any atom is 0.0756 e.